The van der Waals surface area contributed by atoms with Crippen molar-refractivity contribution in [3.63, 3.8) is 0 Å². The van der Waals surface area contributed by atoms with E-state index in [0.717, 1.165) is 5.56 Å². The van der Waals surface area contributed by atoms with Crippen molar-refractivity contribution in [3.05, 3.63) is 64.9 Å². The maximum atomic E-state index is 13.3. The van der Waals surface area contributed by atoms with Crippen LogP contribution in [0.4, 0.5) is 10.1 Å². The van der Waals surface area contributed by atoms with Gasteiger partial charge < -0.3 is 10.2 Å². The number of benzene rings is 2. The molecule has 0 radical (unpaired) electrons. The van der Waals surface area contributed by atoms with Gasteiger partial charge in [-0.2, -0.15) is 0 Å². The molecule has 0 unspecified atom stereocenters. The summed E-state index contributed by atoms with van der Waals surface area (Å²) in [5, 5.41) is 2.90. The van der Waals surface area contributed by atoms with Crippen LogP contribution in [0.1, 0.15) is 24.9 Å². The molecule has 130 valence electrons. The molecule has 2 aromatic rings. The highest BCUT2D eigenvalue weighted by Crippen LogP contribution is 2.29. The van der Waals surface area contributed by atoms with Gasteiger partial charge in [0, 0.05) is 18.7 Å². The number of carbonyl (C=O) groups is 2. The van der Waals surface area contributed by atoms with Crippen molar-refractivity contribution in [1.82, 2.24) is 5.32 Å². The van der Waals surface area contributed by atoms with E-state index in [0.29, 0.717) is 5.69 Å². The Morgan fingerprint density at radius 2 is 2.00 bits per heavy atom. The molecule has 0 bridgehead atoms. The molecule has 0 saturated carbocycles. The molecule has 0 aliphatic carbocycles. The molecule has 1 saturated heterocycles. The van der Waals surface area contributed by atoms with Crippen molar-refractivity contribution in [2.75, 3.05) is 11.4 Å². The van der Waals surface area contributed by atoms with E-state index in [2.05, 4.69) is 5.32 Å². The second kappa shape index (κ2) is 7.23. The maximum absolute atomic E-state index is 13.3. The van der Waals surface area contributed by atoms with Gasteiger partial charge in [-0.15, -0.1) is 0 Å². The Labute approximate surface area is 150 Å². The molecule has 1 aliphatic rings. The molecule has 1 N–H and O–H groups in total. The minimum Gasteiger partial charge on any atom is -0.349 e. The highest BCUT2D eigenvalue weighted by Gasteiger charge is 2.35. The van der Waals surface area contributed by atoms with Crippen LogP contribution >= 0.6 is 11.6 Å². The largest absolute Gasteiger partial charge is 0.349 e. The molecular weight excluding hydrogens is 343 g/mol. The summed E-state index contributed by atoms with van der Waals surface area (Å²) in [6.45, 7) is 2.16. The van der Waals surface area contributed by atoms with Crippen LogP contribution in [-0.2, 0) is 9.59 Å². The lowest BCUT2D eigenvalue weighted by Gasteiger charge is -2.19. The van der Waals surface area contributed by atoms with Crippen molar-refractivity contribution in [1.29, 1.82) is 0 Å². The van der Waals surface area contributed by atoms with Crippen LogP contribution in [0.25, 0.3) is 0 Å². The molecule has 0 spiro atoms. The fourth-order valence-corrected chi connectivity index (χ4v) is 3.12. The first kappa shape index (κ1) is 17.4. The Morgan fingerprint density at radius 3 is 2.68 bits per heavy atom. The normalized spacial score (nSPS) is 18.3. The highest BCUT2D eigenvalue weighted by atomic mass is 35.5. The first-order chi connectivity index (χ1) is 12.0. The Bertz CT molecular complexity index is 797. The van der Waals surface area contributed by atoms with Gasteiger partial charge in [-0.25, -0.2) is 4.39 Å². The molecule has 1 heterocycles. The van der Waals surface area contributed by atoms with Gasteiger partial charge in [0.2, 0.25) is 11.8 Å². The lowest BCUT2D eigenvalue weighted by atomic mass is 10.1. The maximum Gasteiger partial charge on any atom is 0.227 e. The van der Waals surface area contributed by atoms with Gasteiger partial charge in [-0.3, -0.25) is 9.59 Å². The molecule has 2 amide bonds. The van der Waals surface area contributed by atoms with Gasteiger partial charge in [-0.05, 0) is 30.7 Å². The summed E-state index contributed by atoms with van der Waals surface area (Å²) in [6.07, 6.45) is 0.127. The minimum atomic E-state index is -0.539. The van der Waals surface area contributed by atoms with E-state index in [-0.39, 0.29) is 35.8 Å². The molecule has 0 aromatic heterocycles. The summed E-state index contributed by atoms with van der Waals surface area (Å²) in [5.74, 6) is -1.32. The predicted octanol–water partition coefficient (Wildman–Crippen LogP) is 3.71. The van der Waals surface area contributed by atoms with Crippen molar-refractivity contribution in [3.8, 4) is 0 Å². The third-order valence-electron chi connectivity index (χ3n) is 4.37. The standard InChI is InChI=1S/C19H18ClFN2O2/c1-12(13-5-3-2-4-6-13)22-19(25)14-9-18(24)23(11-14)15-7-8-17(21)16(20)10-15/h2-8,10,12,14H,9,11H2,1H3,(H,22,25)/t12-,14+/m0/s1. The van der Waals surface area contributed by atoms with Crippen LogP contribution in [0.5, 0.6) is 0 Å². The van der Waals surface area contributed by atoms with E-state index in [1.54, 1.807) is 0 Å². The van der Waals surface area contributed by atoms with Crippen molar-refractivity contribution < 1.29 is 14.0 Å². The number of rotatable bonds is 4. The van der Waals surface area contributed by atoms with Gasteiger partial charge in [0.25, 0.3) is 0 Å². The summed E-state index contributed by atoms with van der Waals surface area (Å²) < 4.78 is 13.3. The highest BCUT2D eigenvalue weighted by molar-refractivity contribution is 6.31. The number of anilines is 1. The molecule has 6 heteroatoms. The van der Waals surface area contributed by atoms with Gasteiger partial charge in [0.05, 0.1) is 17.0 Å². The zero-order valence-electron chi connectivity index (χ0n) is 13.7. The second-order valence-electron chi connectivity index (χ2n) is 6.14. The molecule has 1 fully saturated rings. The third kappa shape index (κ3) is 3.82. The molecule has 3 rings (SSSR count). The van der Waals surface area contributed by atoms with Crippen LogP contribution in [0, 0.1) is 11.7 Å². The zero-order chi connectivity index (χ0) is 18.0. The average Bonchev–Trinajstić information content (AvgIpc) is 3.00. The van der Waals surface area contributed by atoms with Gasteiger partial charge in [0.15, 0.2) is 0 Å². The number of hydrogen-bond acceptors (Lipinski definition) is 2. The minimum absolute atomic E-state index is 0.0455. The van der Waals surface area contributed by atoms with Gasteiger partial charge >= 0.3 is 0 Å². The van der Waals surface area contributed by atoms with Crippen LogP contribution in [0.3, 0.4) is 0 Å². The average molecular weight is 361 g/mol. The topological polar surface area (TPSA) is 49.4 Å². The lowest BCUT2D eigenvalue weighted by Crippen LogP contribution is -2.34. The molecule has 2 aromatic carbocycles. The van der Waals surface area contributed by atoms with E-state index in [1.165, 1.54) is 23.1 Å². The van der Waals surface area contributed by atoms with Crippen LogP contribution in [-0.4, -0.2) is 18.4 Å². The van der Waals surface area contributed by atoms with Crippen molar-refractivity contribution in [2.45, 2.75) is 19.4 Å². The van der Waals surface area contributed by atoms with Crippen LogP contribution in [0.2, 0.25) is 5.02 Å². The van der Waals surface area contributed by atoms with E-state index < -0.39 is 11.7 Å². The summed E-state index contributed by atoms with van der Waals surface area (Å²) in [5.41, 5.74) is 1.50. The van der Waals surface area contributed by atoms with Crippen LogP contribution in [0.15, 0.2) is 48.5 Å². The van der Waals surface area contributed by atoms with Crippen LogP contribution < -0.4 is 10.2 Å². The lowest BCUT2D eigenvalue weighted by molar-refractivity contribution is -0.126. The fourth-order valence-electron chi connectivity index (χ4n) is 2.94. The Morgan fingerprint density at radius 1 is 1.28 bits per heavy atom. The Kier molecular flexibility index (Phi) is 5.04. The van der Waals surface area contributed by atoms with E-state index >= 15 is 0 Å². The van der Waals surface area contributed by atoms with E-state index in [1.807, 2.05) is 37.3 Å². The first-order valence-corrected chi connectivity index (χ1v) is 8.44. The molecular formula is C19H18ClFN2O2. The van der Waals surface area contributed by atoms with Crippen molar-refractivity contribution >= 4 is 29.1 Å². The molecule has 4 nitrogen and oxygen atoms in total. The number of nitrogens with one attached hydrogen (secondary N) is 1. The Hall–Kier alpha value is -2.40. The van der Waals surface area contributed by atoms with Crippen molar-refractivity contribution in [2.24, 2.45) is 5.92 Å². The summed E-state index contributed by atoms with van der Waals surface area (Å²) in [7, 11) is 0. The quantitative estimate of drug-likeness (QED) is 0.903. The Balaban J connectivity index is 1.67. The number of nitrogens with zero attached hydrogens (tertiary/aromatic N) is 1. The SMILES string of the molecule is C[C@H](NC(=O)[C@@H]1CC(=O)N(c2ccc(F)c(Cl)c2)C1)c1ccccc1. The number of hydrogen-bond donors (Lipinski definition) is 1. The van der Waals surface area contributed by atoms with Gasteiger partial charge in [-0.1, -0.05) is 41.9 Å². The molecule has 1 aliphatic heterocycles. The third-order valence-corrected chi connectivity index (χ3v) is 4.66. The smallest absolute Gasteiger partial charge is 0.227 e. The van der Waals surface area contributed by atoms with Gasteiger partial charge in [0.1, 0.15) is 5.82 Å². The summed E-state index contributed by atoms with van der Waals surface area (Å²) >= 11 is 5.78. The second-order valence-corrected chi connectivity index (χ2v) is 6.55. The monoisotopic (exact) mass is 360 g/mol. The predicted molar refractivity (Wildman–Crippen MR) is 94.9 cm³/mol. The number of amides is 2. The summed E-state index contributed by atoms with van der Waals surface area (Å²) in [6, 6.07) is 13.6. The fraction of sp³-hybridized carbons (Fsp3) is 0.263. The molecule has 25 heavy (non-hydrogen) atoms. The summed E-state index contributed by atoms with van der Waals surface area (Å²) in [4.78, 5) is 26.2. The van der Waals surface area contributed by atoms with E-state index in [4.69, 9.17) is 11.6 Å². The number of carbonyl (C=O) groups excluding carboxylic acids is 2. The van der Waals surface area contributed by atoms with E-state index in [9.17, 15) is 14.0 Å². The first-order valence-electron chi connectivity index (χ1n) is 8.06. The number of halogens is 2. The molecule has 2 atom stereocenters. The zero-order valence-corrected chi connectivity index (χ0v) is 14.5.